The van der Waals surface area contributed by atoms with Gasteiger partial charge in [0.05, 0.1) is 6.04 Å². The number of amides is 1. The van der Waals surface area contributed by atoms with E-state index in [2.05, 4.69) is 53.5 Å². The van der Waals surface area contributed by atoms with Crippen LogP contribution in [0.15, 0.2) is 24.3 Å². The first kappa shape index (κ1) is 17.3. The lowest BCUT2D eigenvalue weighted by Gasteiger charge is -2.29. The molecular formula is C20H31N3O. The molecule has 1 saturated heterocycles. The first-order valence-corrected chi connectivity index (χ1v) is 9.44. The van der Waals surface area contributed by atoms with Crippen molar-refractivity contribution in [3.8, 4) is 0 Å². The van der Waals surface area contributed by atoms with Crippen molar-refractivity contribution in [3.05, 3.63) is 29.8 Å². The number of nitrogens with one attached hydrogen (secondary N) is 1. The van der Waals surface area contributed by atoms with E-state index in [1.54, 1.807) is 0 Å². The van der Waals surface area contributed by atoms with Gasteiger partial charge in [0.1, 0.15) is 0 Å². The van der Waals surface area contributed by atoms with Crippen LogP contribution >= 0.6 is 0 Å². The highest BCUT2D eigenvalue weighted by Crippen LogP contribution is 2.28. The van der Waals surface area contributed by atoms with Crippen molar-refractivity contribution in [2.75, 3.05) is 38.6 Å². The Morgan fingerprint density at radius 3 is 2.33 bits per heavy atom. The molecule has 1 saturated carbocycles. The quantitative estimate of drug-likeness (QED) is 0.870. The normalized spacial score (nSPS) is 20.2. The molecule has 0 radical (unpaired) electrons. The Kier molecular flexibility index (Phi) is 5.77. The molecular weight excluding hydrogens is 298 g/mol. The number of carbonyl (C=O) groups is 1. The van der Waals surface area contributed by atoms with Gasteiger partial charge in [-0.25, -0.2) is 0 Å². The number of likely N-dealkylation sites (tertiary alicyclic amines) is 1. The predicted octanol–water partition coefficient (Wildman–Crippen LogP) is 3.20. The van der Waals surface area contributed by atoms with Crippen LogP contribution in [0.5, 0.6) is 0 Å². The molecule has 2 fully saturated rings. The van der Waals surface area contributed by atoms with E-state index >= 15 is 0 Å². The summed E-state index contributed by atoms with van der Waals surface area (Å²) >= 11 is 0. The average Bonchev–Trinajstić information content (AvgIpc) is 3.29. The number of benzene rings is 1. The monoisotopic (exact) mass is 329 g/mol. The molecule has 0 bridgehead atoms. The van der Waals surface area contributed by atoms with Gasteiger partial charge in [-0.2, -0.15) is 0 Å². The SMILES string of the molecule is CN(C)c1ccc([C@H](CNC(=O)C2CCCC2)N2CCCC2)cc1. The second-order valence-electron chi connectivity index (χ2n) is 7.47. The van der Waals surface area contributed by atoms with Crippen LogP contribution in [-0.4, -0.2) is 44.5 Å². The second-order valence-corrected chi connectivity index (χ2v) is 7.47. The van der Waals surface area contributed by atoms with Crippen LogP contribution in [-0.2, 0) is 4.79 Å². The molecule has 0 spiro atoms. The van der Waals surface area contributed by atoms with Gasteiger partial charge in [0.25, 0.3) is 0 Å². The predicted molar refractivity (Wildman–Crippen MR) is 99.3 cm³/mol. The summed E-state index contributed by atoms with van der Waals surface area (Å²) in [6, 6.07) is 9.10. The lowest BCUT2D eigenvalue weighted by Crippen LogP contribution is -2.38. The van der Waals surface area contributed by atoms with E-state index in [-0.39, 0.29) is 11.8 Å². The highest BCUT2D eigenvalue weighted by molar-refractivity contribution is 5.78. The Labute approximate surface area is 146 Å². The number of hydrogen-bond donors (Lipinski definition) is 1. The van der Waals surface area contributed by atoms with Gasteiger partial charge < -0.3 is 10.2 Å². The standard InChI is InChI=1S/C20H31N3O/c1-22(2)18-11-9-16(10-12-18)19(23-13-5-6-14-23)15-21-20(24)17-7-3-4-8-17/h9-12,17,19H,3-8,13-15H2,1-2H3,(H,21,24)/t19-/m0/s1. The molecule has 1 heterocycles. The minimum absolute atomic E-state index is 0.250. The number of nitrogens with zero attached hydrogens (tertiary/aromatic N) is 2. The molecule has 0 unspecified atom stereocenters. The summed E-state index contributed by atoms with van der Waals surface area (Å²) in [5, 5.41) is 3.25. The largest absolute Gasteiger partial charge is 0.378 e. The van der Waals surface area contributed by atoms with E-state index in [4.69, 9.17) is 0 Å². The zero-order valence-corrected chi connectivity index (χ0v) is 15.1. The summed E-state index contributed by atoms with van der Waals surface area (Å²) in [7, 11) is 4.13. The van der Waals surface area contributed by atoms with Crippen LogP contribution in [0.2, 0.25) is 0 Å². The van der Waals surface area contributed by atoms with Crippen molar-refractivity contribution in [1.29, 1.82) is 0 Å². The smallest absolute Gasteiger partial charge is 0.223 e. The van der Waals surface area contributed by atoms with Crippen LogP contribution in [0.25, 0.3) is 0 Å². The maximum atomic E-state index is 12.4. The molecule has 3 rings (SSSR count). The molecule has 1 aromatic rings. The van der Waals surface area contributed by atoms with Gasteiger partial charge in [0, 0.05) is 32.2 Å². The first-order chi connectivity index (χ1) is 11.6. The molecule has 1 aromatic carbocycles. The molecule has 1 amide bonds. The summed E-state index contributed by atoms with van der Waals surface area (Å²) in [5.74, 6) is 0.516. The maximum Gasteiger partial charge on any atom is 0.223 e. The number of anilines is 1. The van der Waals surface area contributed by atoms with E-state index in [1.165, 1.54) is 36.9 Å². The van der Waals surface area contributed by atoms with E-state index in [0.29, 0.717) is 6.04 Å². The Hall–Kier alpha value is -1.55. The van der Waals surface area contributed by atoms with Gasteiger partial charge in [-0.3, -0.25) is 9.69 Å². The third-order valence-corrected chi connectivity index (χ3v) is 5.57. The van der Waals surface area contributed by atoms with Crippen molar-refractivity contribution in [2.24, 2.45) is 5.92 Å². The van der Waals surface area contributed by atoms with Gasteiger partial charge in [-0.05, 0) is 56.5 Å². The molecule has 1 aliphatic carbocycles. The molecule has 24 heavy (non-hydrogen) atoms. The minimum atomic E-state index is 0.250. The summed E-state index contributed by atoms with van der Waals surface area (Å²) < 4.78 is 0. The van der Waals surface area contributed by atoms with Crippen LogP contribution in [0, 0.1) is 5.92 Å². The third-order valence-electron chi connectivity index (χ3n) is 5.57. The van der Waals surface area contributed by atoms with Gasteiger partial charge in [0.2, 0.25) is 5.91 Å². The van der Waals surface area contributed by atoms with Crippen molar-refractivity contribution < 1.29 is 4.79 Å². The average molecular weight is 329 g/mol. The molecule has 1 aliphatic heterocycles. The Balaban J connectivity index is 1.67. The summed E-state index contributed by atoms with van der Waals surface area (Å²) in [6.07, 6.45) is 7.08. The fourth-order valence-corrected chi connectivity index (χ4v) is 4.04. The number of hydrogen-bond acceptors (Lipinski definition) is 3. The van der Waals surface area contributed by atoms with Gasteiger partial charge in [-0.1, -0.05) is 25.0 Å². The molecule has 1 N–H and O–H groups in total. The number of carbonyl (C=O) groups excluding carboxylic acids is 1. The molecule has 4 nitrogen and oxygen atoms in total. The molecule has 0 aromatic heterocycles. The van der Waals surface area contributed by atoms with E-state index in [0.717, 1.165) is 32.5 Å². The van der Waals surface area contributed by atoms with Crippen molar-refractivity contribution in [2.45, 2.75) is 44.6 Å². The fourth-order valence-electron chi connectivity index (χ4n) is 4.04. The zero-order valence-electron chi connectivity index (χ0n) is 15.1. The molecule has 132 valence electrons. The zero-order chi connectivity index (χ0) is 16.9. The topological polar surface area (TPSA) is 35.6 Å². The highest BCUT2D eigenvalue weighted by Gasteiger charge is 2.27. The Bertz CT molecular complexity index is 528. The molecule has 4 heteroatoms. The van der Waals surface area contributed by atoms with Gasteiger partial charge in [-0.15, -0.1) is 0 Å². The summed E-state index contributed by atoms with van der Waals surface area (Å²) in [4.78, 5) is 17.1. The minimum Gasteiger partial charge on any atom is -0.378 e. The van der Waals surface area contributed by atoms with Crippen molar-refractivity contribution in [3.63, 3.8) is 0 Å². The molecule has 2 aliphatic rings. The van der Waals surface area contributed by atoms with Crippen LogP contribution in [0.4, 0.5) is 5.69 Å². The van der Waals surface area contributed by atoms with Crippen molar-refractivity contribution >= 4 is 11.6 Å². The first-order valence-electron chi connectivity index (χ1n) is 9.44. The van der Waals surface area contributed by atoms with Gasteiger partial charge in [0.15, 0.2) is 0 Å². The third kappa shape index (κ3) is 4.10. The summed E-state index contributed by atoms with van der Waals surface area (Å²) in [6.45, 7) is 3.01. The Morgan fingerprint density at radius 1 is 1.12 bits per heavy atom. The summed E-state index contributed by atoms with van der Waals surface area (Å²) in [5.41, 5.74) is 2.53. The van der Waals surface area contributed by atoms with E-state index < -0.39 is 0 Å². The lowest BCUT2D eigenvalue weighted by molar-refractivity contribution is -0.125. The second kappa shape index (κ2) is 8.02. The lowest BCUT2D eigenvalue weighted by atomic mass is 10.0. The van der Waals surface area contributed by atoms with Crippen LogP contribution < -0.4 is 10.2 Å². The van der Waals surface area contributed by atoms with E-state index in [1.807, 2.05) is 0 Å². The van der Waals surface area contributed by atoms with Crippen LogP contribution in [0.3, 0.4) is 0 Å². The molecule has 1 atom stereocenters. The fraction of sp³-hybridized carbons (Fsp3) is 0.650. The maximum absolute atomic E-state index is 12.4. The van der Waals surface area contributed by atoms with Crippen LogP contribution in [0.1, 0.15) is 50.1 Å². The Morgan fingerprint density at radius 2 is 1.75 bits per heavy atom. The number of rotatable bonds is 6. The highest BCUT2D eigenvalue weighted by atomic mass is 16.1. The van der Waals surface area contributed by atoms with E-state index in [9.17, 15) is 4.79 Å². The van der Waals surface area contributed by atoms with Gasteiger partial charge >= 0.3 is 0 Å². The van der Waals surface area contributed by atoms with Crippen molar-refractivity contribution in [1.82, 2.24) is 10.2 Å².